The molecule has 8 nitrogen and oxygen atoms in total. The third kappa shape index (κ3) is 7.24. The lowest BCUT2D eigenvalue weighted by atomic mass is 9.91. The summed E-state index contributed by atoms with van der Waals surface area (Å²) in [6.45, 7) is 6.28. The van der Waals surface area contributed by atoms with E-state index in [1.165, 1.54) is 6.07 Å². The molecule has 4 rings (SSSR count). The minimum Gasteiger partial charge on any atom is -0.477 e. The Labute approximate surface area is 232 Å². The highest BCUT2D eigenvalue weighted by Gasteiger charge is 2.42. The summed E-state index contributed by atoms with van der Waals surface area (Å²) >= 11 is 0. The Morgan fingerprint density at radius 3 is 2.35 bits per heavy atom. The fraction of sp³-hybridized carbons (Fsp3) is 0.552. The van der Waals surface area contributed by atoms with Gasteiger partial charge in [-0.05, 0) is 55.9 Å². The van der Waals surface area contributed by atoms with E-state index in [4.69, 9.17) is 15.2 Å². The van der Waals surface area contributed by atoms with Gasteiger partial charge < -0.3 is 25.0 Å². The molecule has 2 saturated heterocycles. The maximum absolute atomic E-state index is 15.1. The van der Waals surface area contributed by atoms with E-state index in [9.17, 15) is 18.4 Å². The lowest BCUT2D eigenvalue weighted by Gasteiger charge is -2.31. The predicted octanol–water partition coefficient (Wildman–Crippen LogP) is 4.82. The van der Waals surface area contributed by atoms with Crippen LogP contribution in [0.1, 0.15) is 51.5 Å². The number of nitrogens with two attached hydrogens (primary N) is 1. The molecular formula is C29H37F3N4O4. The van der Waals surface area contributed by atoms with Gasteiger partial charge in [0.1, 0.15) is 5.82 Å². The first-order chi connectivity index (χ1) is 18.9. The van der Waals surface area contributed by atoms with Crippen LogP contribution in [0.3, 0.4) is 0 Å². The van der Waals surface area contributed by atoms with Crippen molar-refractivity contribution in [1.82, 2.24) is 14.8 Å². The molecule has 2 amide bonds. The first-order valence-corrected chi connectivity index (χ1v) is 13.7. The number of carbonyl (C=O) groups is 2. The summed E-state index contributed by atoms with van der Waals surface area (Å²) in [7, 11) is 0. The van der Waals surface area contributed by atoms with E-state index in [1.807, 2.05) is 13.8 Å². The number of aromatic nitrogens is 1. The molecule has 0 saturated carbocycles. The Hall–Kier alpha value is -3.34. The molecule has 2 atom stereocenters. The first kappa shape index (κ1) is 29.6. The number of alkyl halides is 2. The maximum Gasteiger partial charge on any atom is 0.410 e. The van der Waals surface area contributed by atoms with Crippen molar-refractivity contribution in [1.29, 1.82) is 0 Å². The average Bonchev–Trinajstić information content (AvgIpc) is 3.30. The number of amides is 2. The van der Waals surface area contributed by atoms with Gasteiger partial charge in [0.15, 0.2) is 0 Å². The molecule has 1 aromatic heterocycles. The Bertz CT molecular complexity index is 1190. The lowest BCUT2D eigenvalue weighted by molar-refractivity contribution is -0.133. The Morgan fingerprint density at radius 1 is 1.07 bits per heavy atom. The van der Waals surface area contributed by atoms with E-state index in [1.54, 1.807) is 42.3 Å². The fourth-order valence-electron chi connectivity index (χ4n) is 5.02. The van der Waals surface area contributed by atoms with E-state index in [0.717, 1.165) is 17.7 Å². The second kappa shape index (κ2) is 12.4. The van der Waals surface area contributed by atoms with Crippen molar-refractivity contribution in [2.75, 3.05) is 32.8 Å². The number of piperidine rings is 1. The van der Waals surface area contributed by atoms with Gasteiger partial charge in [-0.2, -0.15) is 0 Å². The molecule has 0 spiro atoms. The lowest BCUT2D eigenvalue weighted by Crippen LogP contribution is -2.46. The molecule has 0 radical (unpaired) electrons. The Morgan fingerprint density at radius 2 is 1.77 bits per heavy atom. The van der Waals surface area contributed by atoms with Crippen LogP contribution in [-0.4, -0.2) is 77.6 Å². The average molecular weight is 563 g/mol. The van der Waals surface area contributed by atoms with Gasteiger partial charge in [0.2, 0.25) is 11.8 Å². The second-order valence-electron chi connectivity index (χ2n) is 11.0. The van der Waals surface area contributed by atoms with Gasteiger partial charge in [0.25, 0.3) is 5.92 Å². The third-order valence-electron chi connectivity index (χ3n) is 7.54. The zero-order valence-electron chi connectivity index (χ0n) is 23.1. The van der Waals surface area contributed by atoms with Crippen LogP contribution in [0.5, 0.6) is 5.88 Å². The molecule has 40 heavy (non-hydrogen) atoms. The molecular weight excluding hydrogens is 525 g/mol. The summed E-state index contributed by atoms with van der Waals surface area (Å²) in [5.74, 6) is -4.00. The van der Waals surface area contributed by atoms with Crippen LogP contribution < -0.4 is 10.5 Å². The van der Waals surface area contributed by atoms with Crippen molar-refractivity contribution < 1.29 is 32.2 Å². The first-order valence-electron chi connectivity index (χ1n) is 13.7. The molecule has 2 N–H and O–H groups in total. The standard InChI is InChI=1S/C29H37F3N4O4/c1-18(2)40-28(38)35-11-8-20(9-12-35)16-39-25-7-5-22(15-34-25)21-4-6-23(24(30)14-21)19(3)26(33)27(37)36-13-10-29(31,32)17-36/h4-7,14-15,18-20,26H,8-13,16-17,33H2,1-3H3/t19-,26-/m0/s1. The predicted molar refractivity (Wildman–Crippen MR) is 144 cm³/mol. The van der Waals surface area contributed by atoms with Gasteiger partial charge in [-0.1, -0.05) is 19.1 Å². The second-order valence-corrected chi connectivity index (χ2v) is 11.0. The monoisotopic (exact) mass is 562 g/mol. The summed E-state index contributed by atoms with van der Waals surface area (Å²) in [4.78, 5) is 31.8. The van der Waals surface area contributed by atoms with Crippen LogP contribution in [0.2, 0.25) is 0 Å². The van der Waals surface area contributed by atoms with E-state index >= 15 is 4.39 Å². The highest BCUT2D eigenvalue weighted by Crippen LogP contribution is 2.31. The van der Waals surface area contributed by atoms with Gasteiger partial charge >= 0.3 is 6.09 Å². The molecule has 0 unspecified atom stereocenters. The van der Waals surface area contributed by atoms with Crippen LogP contribution >= 0.6 is 0 Å². The molecule has 2 aliphatic rings. The smallest absolute Gasteiger partial charge is 0.410 e. The summed E-state index contributed by atoms with van der Waals surface area (Å²) in [6, 6.07) is 7.00. The normalized spacial score (nSPS) is 19.0. The number of ether oxygens (including phenoxy) is 2. The summed E-state index contributed by atoms with van der Waals surface area (Å²) in [5, 5.41) is 0. The molecule has 1 aromatic carbocycles. The van der Waals surface area contributed by atoms with E-state index < -0.39 is 42.6 Å². The molecule has 218 valence electrons. The number of hydrogen-bond donors (Lipinski definition) is 1. The molecule has 2 aromatic rings. The topological polar surface area (TPSA) is 98.0 Å². The molecule has 11 heteroatoms. The van der Waals surface area contributed by atoms with Gasteiger partial charge in [0.05, 0.1) is 25.3 Å². The van der Waals surface area contributed by atoms with E-state index in [2.05, 4.69) is 4.98 Å². The number of halogens is 3. The molecule has 0 aliphatic carbocycles. The number of benzene rings is 1. The SMILES string of the molecule is CC(C)OC(=O)N1CCC(COc2ccc(-c3ccc([C@H](C)[C@H](N)C(=O)N4CCC(F)(F)C4)c(F)c3)cn2)CC1. The third-order valence-corrected chi connectivity index (χ3v) is 7.54. The van der Waals surface area contributed by atoms with Crippen molar-refractivity contribution in [3.8, 4) is 17.0 Å². The Balaban J connectivity index is 1.30. The van der Waals surface area contributed by atoms with Gasteiger partial charge in [-0.25, -0.2) is 22.9 Å². The van der Waals surface area contributed by atoms with Gasteiger partial charge in [-0.15, -0.1) is 0 Å². The molecule has 2 fully saturated rings. The largest absolute Gasteiger partial charge is 0.477 e. The molecule has 2 aliphatic heterocycles. The fourth-order valence-corrected chi connectivity index (χ4v) is 5.02. The van der Waals surface area contributed by atoms with Crippen LogP contribution in [-0.2, 0) is 9.53 Å². The quantitative estimate of drug-likeness (QED) is 0.496. The molecule has 3 heterocycles. The zero-order chi connectivity index (χ0) is 29.0. The van der Waals surface area contributed by atoms with Crippen molar-refractivity contribution in [2.45, 2.75) is 64.0 Å². The maximum atomic E-state index is 15.1. The number of likely N-dealkylation sites (tertiary alicyclic amines) is 2. The number of nitrogens with zero attached hydrogens (tertiary/aromatic N) is 3. The zero-order valence-corrected chi connectivity index (χ0v) is 23.1. The van der Waals surface area contributed by atoms with Crippen LogP contribution in [0.15, 0.2) is 36.5 Å². The summed E-state index contributed by atoms with van der Waals surface area (Å²) in [5.41, 5.74) is 7.58. The summed E-state index contributed by atoms with van der Waals surface area (Å²) in [6.07, 6.45) is 2.41. The van der Waals surface area contributed by atoms with E-state index in [-0.39, 0.29) is 24.3 Å². The van der Waals surface area contributed by atoms with Crippen LogP contribution in [0.4, 0.5) is 18.0 Å². The van der Waals surface area contributed by atoms with Gasteiger partial charge in [0, 0.05) is 49.8 Å². The molecule has 0 bridgehead atoms. The summed E-state index contributed by atoms with van der Waals surface area (Å²) < 4.78 is 53.2. The minimum atomic E-state index is -2.91. The number of hydrogen-bond acceptors (Lipinski definition) is 6. The number of rotatable bonds is 8. The number of carbonyl (C=O) groups excluding carboxylic acids is 2. The van der Waals surface area contributed by atoms with Crippen molar-refractivity contribution in [3.05, 3.63) is 47.9 Å². The number of pyridine rings is 1. The minimum absolute atomic E-state index is 0.0610. The highest BCUT2D eigenvalue weighted by atomic mass is 19.3. The van der Waals surface area contributed by atoms with Crippen molar-refractivity contribution in [2.24, 2.45) is 11.7 Å². The van der Waals surface area contributed by atoms with Crippen LogP contribution in [0, 0.1) is 11.7 Å². The van der Waals surface area contributed by atoms with Crippen molar-refractivity contribution >= 4 is 12.0 Å². The van der Waals surface area contributed by atoms with Crippen molar-refractivity contribution in [3.63, 3.8) is 0 Å². The Kier molecular flexibility index (Phi) is 9.22. The van der Waals surface area contributed by atoms with Crippen LogP contribution in [0.25, 0.3) is 11.1 Å². The van der Waals surface area contributed by atoms with Gasteiger partial charge in [-0.3, -0.25) is 4.79 Å². The van der Waals surface area contributed by atoms with E-state index in [0.29, 0.717) is 42.6 Å². The highest BCUT2D eigenvalue weighted by molar-refractivity contribution is 5.83.